The van der Waals surface area contributed by atoms with Crippen LogP contribution in [0.1, 0.15) is 11.1 Å². The number of benzene rings is 3. The fraction of sp³-hybridized carbons (Fsp3) is 0.167. The number of anilines is 2. The summed E-state index contributed by atoms with van der Waals surface area (Å²) < 4.78 is 39.2. The third-order valence-corrected chi connectivity index (χ3v) is 5.41. The van der Waals surface area contributed by atoms with Gasteiger partial charge in [-0.1, -0.05) is 12.2 Å². The molecule has 0 amide bonds. The normalized spacial score (nSPS) is 10.8. The fourth-order valence-corrected chi connectivity index (χ4v) is 3.69. The lowest BCUT2D eigenvalue weighted by Crippen LogP contribution is -1.97. The number of nitrogen functional groups attached to an aromatic ring is 1. The number of hydrogen-bond donors (Lipinski definition) is 2. The number of rotatable bonds is 9. The molecule has 0 aliphatic heterocycles. The summed E-state index contributed by atoms with van der Waals surface area (Å²) in [6.45, 7) is 0. The van der Waals surface area contributed by atoms with Gasteiger partial charge in [0.05, 0.1) is 34.1 Å². The van der Waals surface area contributed by atoms with Crippen molar-refractivity contribution in [2.75, 3.05) is 38.9 Å². The Labute approximate surface area is 191 Å². The molecule has 0 aliphatic rings. The van der Waals surface area contributed by atoms with Crippen molar-refractivity contribution in [3.05, 3.63) is 65.5 Å². The van der Waals surface area contributed by atoms with Gasteiger partial charge in [-0.25, -0.2) is 4.39 Å². The minimum absolute atomic E-state index is 0.137. The zero-order chi connectivity index (χ0) is 23.1. The molecule has 0 atom stereocenters. The van der Waals surface area contributed by atoms with E-state index in [1.54, 1.807) is 45.6 Å². The highest BCUT2D eigenvalue weighted by atomic mass is 32.2. The molecule has 3 N–H and O–H groups in total. The minimum atomic E-state index is -0.472. The van der Waals surface area contributed by atoms with E-state index in [9.17, 15) is 4.39 Å². The first-order chi connectivity index (χ1) is 15.5. The smallest absolute Gasteiger partial charge is 0.203 e. The molecule has 3 rings (SSSR count). The highest BCUT2D eigenvalue weighted by molar-refractivity contribution is 8.00. The van der Waals surface area contributed by atoms with Gasteiger partial charge in [-0.2, -0.15) is 0 Å². The van der Waals surface area contributed by atoms with Crippen molar-refractivity contribution in [1.29, 1.82) is 0 Å². The van der Waals surface area contributed by atoms with Crippen LogP contribution in [0.15, 0.2) is 53.4 Å². The number of halogens is 1. The number of ether oxygens (including phenoxy) is 4. The van der Waals surface area contributed by atoms with E-state index in [1.807, 2.05) is 30.3 Å². The predicted molar refractivity (Wildman–Crippen MR) is 128 cm³/mol. The molecule has 6 nitrogen and oxygen atoms in total. The Morgan fingerprint density at radius 1 is 0.781 bits per heavy atom. The van der Waals surface area contributed by atoms with Crippen molar-refractivity contribution in [1.82, 2.24) is 0 Å². The zero-order valence-corrected chi connectivity index (χ0v) is 19.1. The van der Waals surface area contributed by atoms with Gasteiger partial charge in [0.25, 0.3) is 0 Å². The molecule has 168 valence electrons. The molecule has 0 heterocycles. The molecule has 3 aromatic carbocycles. The van der Waals surface area contributed by atoms with Crippen molar-refractivity contribution < 1.29 is 23.3 Å². The molecule has 0 aliphatic carbocycles. The molecule has 32 heavy (non-hydrogen) atoms. The molecule has 8 heteroatoms. The summed E-state index contributed by atoms with van der Waals surface area (Å²) in [4.78, 5) is 0.931. The van der Waals surface area contributed by atoms with Gasteiger partial charge in [0.2, 0.25) is 5.75 Å². The van der Waals surface area contributed by atoms with E-state index in [1.165, 1.54) is 25.1 Å². The Hall–Kier alpha value is -3.52. The number of hydrogen-bond acceptors (Lipinski definition) is 7. The van der Waals surface area contributed by atoms with E-state index >= 15 is 0 Å². The van der Waals surface area contributed by atoms with Crippen molar-refractivity contribution in [2.45, 2.75) is 4.90 Å². The first-order valence-corrected chi connectivity index (χ1v) is 10.4. The largest absolute Gasteiger partial charge is 0.493 e. The minimum Gasteiger partial charge on any atom is -0.493 e. The van der Waals surface area contributed by atoms with Crippen LogP contribution >= 0.6 is 11.9 Å². The fourth-order valence-electron chi connectivity index (χ4n) is 3.03. The first kappa shape index (κ1) is 23.1. The van der Waals surface area contributed by atoms with Gasteiger partial charge in [0, 0.05) is 10.6 Å². The lowest BCUT2D eigenvalue weighted by Gasteiger charge is -2.13. The van der Waals surface area contributed by atoms with E-state index in [0.29, 0.717) is 34.2 Å². The lowest BCUT2D eigenvalue weighted by molar-refractivity contribution is 0.324. The average molecular weight is 457 g/mol. The molecule has 0 spiro atoms. The van der Waals surface area contributed by atoms with Crippen LogP contribution in [-0.2, 0) is 0 Å². The first-order valence-electron chi connectivity index (χ1n) is 9.63. The van der Waals surface area contributed by atoms with Crippen LogP contribution in [0.4, 0.5) is 15.8 Å². The average Bonchev–Trinajstić information content (AvgIpc) is 2.81. The second kappa shape index (κ2) is 10.7. The lowest BCUT2D eigenvalue weighted by atomic mass is 10.1. The Bertz CT molecular complexity index is 1080. The number of nitrogens with two attached hydrogens (primary N) is 1. The molecule has 0 aromatic heterocycles. The molecule has 0 radical (unpaired) electrons. The van der Waals surface area contributed by atoms with Gasteiger partial charge < -0.3 is 29.4 Å². The highest BCUT2D eigenvalue weighted by Crippen LogP contribution is 2.39. The van der Waals surface area contributed by atoms with Crippen molar-refractivity contribution in [2.24, 2.45) is 0 Å². The molecular formula is C24H25FN2O4S. The maximum Gasteiger partial charge on any atom is 0.203 e. The van der Waals surface area contributed by atoms with Gasteiger partial charge >= 0.3 is 0 Å². The second-order valence-corrected chi connectivity index (χ2v) is 7.53. The maximum atomic E-state index is 14.7. The topological polar surface area (TPSA) is 75.0 Å². The van der Waals surface area contributed by atoms with Gasteiger partial charge in [0.15, 0.2) is 23.1 Å². The predicted octanol–water partition coefficient (Wildman–Crippen LogP) is 5.73. The molecule has 0 bridgehead atoms. The molecule has 3 aromatic rings. The molecule has 0 unspecified atom stereocenters. The maximum absolute atomic E-state index is 14.7. The van der Waals surface area contributed by atoms with Gasteiger partial charge in [-0.3, -0.25) is 0 Å². The summed E-state index contributed by atoms with van der Waals surface area (Å²) in [5.41, 5.74) is 8.37. The number of methoxy groups -OCH3 is 4. The van der Waals surface area contributed by atoms with Gasteiger partial charge in [-0.15, -0.1) is 0 Å². The van der Waals surface area contributed by atoms with Crippen LogP contribution in [-0.4, -0.2) is 28.4 Å². The Balaban J connectivity index is 1.88. The van der Waals surface area contributed by atoms with Crippen LogP contribution in [0, 0.1) is 5.82 Å². The van der Waals surface area contributed by atoms with Gasteiger partial charge in [0.1, 0.15) is 0 Å². The van der Waals surface area contributed by atoms with Crippen molar-refractivity contribution >= 4 is 35.5 Å². The van der Waals surface area contributed by atoms with Crippen LogP contribution in [0.25, 0.3) is 12.2 Å². The van der Waals surface area contributed by atoms with E-state index in [2.05, 4.69) is 4.72 Å². The Morgan fingerprint density at radius 3 is 1.88 bits per heavy atom. The number of nitrogens with one attached hydrogen (secondary N) is 1. The third-order valence-electron chi connectivity index (χ3n) is 4.58. The van der Waals surface area contributed by atoms with E-state index in [0.717, 1.165) is 10.5 Å². The highest BCUT2D eigenvalue weighted by Gasteiger charge is 2.13. The zero-order valence-electron chi connectivity index (χ0n) is 18.3. The van der Waals surface area contributed by atoms with E-state index in [-0.39, 0.29) is 5.75 Å². The van der Waals surface area contributed by atoms with Gasteiger partial charge in [-0.05, 0) is 71.6 Å². The summed E-state index contributed by atoms with van der Waals surface area (Å²) in [7, 11) is 6.09. The van der Waals surface area contributed by atoms with Crippen molar-refractivity contribution in [3.63, 3.8) is 0 Å². The standard InChI is InChI=1S/C24H25FN2O4S/c1-28-21-13-16(14-22(29-2)24(21)31-4)6-5-15-11-19(25)23(30-3)20(12-15)27-32-18-9-7-17(26)8-10-18/h5-14,27H,26H2,1-4H3/b6-5-. The van der Waals surface area contributed by atoms with Crippen molar-refractivity contribution in [3.8, 4) is 23.0 Å². The van der Waals surface area contributed by atoms with Crippen LogP contribution in [0.2, 0.25) is 0 Å². The molecule has 0 fully saturated rings. The van der Waals surface area contributed by atoms with Crippen LogP contribution in [0.3, 0.4) is 0 Å². The molecular weight excluding hydrogens is 431 g/mol. The summed E-state index contributed by atoms with van der Waals surface area (Å²) in [5.74, 6) is 1.25. The summed E-state index contributed by atoms with van der Waals surface area (Å²) in [6, 6.07) is 14.2. The second-order valence-electron chi connectivity index (χ2n) is 6.65. The van der Waals surface area contributed by atoms with E-state index in [4.69, 9.17) is 24.7 Å². The third kappa shape index (κ3) is 5.39. The van der Waals surface area contributed by atoms with Crippen LogP contribution < -0.4 is 29.4 Å². The Morgan fingerprint density at radius 2 is 1.34 bits per heavy atom. The molecule has 0 saturated carbocycles. The van der Waals surface area contributed by atoms with Crippen LogP contribution in [0.5, 0.6) is 23.0 Å². The summed E-state index contributed by atoms with van der Waals surface area (Å²) >= 11 is 1.33. The monoisotopic (exact) mass is 456 g/mol. The Kier molecular flexibility index (Phi) is 7.72. The quantitative estimate of drug-likeness (QED) is 0.242. The van der Waals surface area contributed by atoms with E-state index < -0.39 is 5.82 Å². The SMILES string of the molecule is COc1cc(/C=C\c2cc(F)c(OC)c(NSc3ccc(N)cc3)c2)cc(OC)c1OC. The summed E-state index contributed by atoms with van der Waals surface area (Å²) in [5, 5.41) is 0. The summed E-state index contributed by atoms with van der Waals surface area (Å²) in [6.07, 6.45) is 3.63. The molecule has 0 saturated heterocycles.